The van der Waals surface area contributed by atoms with Gasteiger partial charge in [0.2, 0.25) is 11.8 Å². The van der Waals surface area contributed by atoms with E-state index in [0.717, 1.165) is 17.5 Å². The molecule has 4 nitrogen and oxygen atoms in total. The summed E-state index contributed by atoms with van der Waals surface area (Å²) >= 11 is 1.69. The van der Waals surface area contributed by atoms with Gasteiger partial charge in [0.1, 0.15) is 0 Å². The molecule has 2 amide bonds. The van der Waals surface area contributed by atoms with Crippen molar-refractivity contribution in [3.05, 3.63) is 42.3 Å². The zero-order valence-electron chi connectivity index (χ0n) is 12.0. The molecule has 2 aromatic rings. The molecule has 5 heteroatoms. The van der Waals surface area contributed by atoms with E-state index in [9.17, 15) is 9.59 Å². The molecule has 2 fully saturated rings. The summed E-state index contributed by atoms with van der Waals surface area (Å²) < 4.78 is 1.21. The predicted octanol–water partition coefficient (Wildman–Crippen LogP) is 2.87. The van der Waals surface area contributed by atoms with E-state index in [2.05, 4.69) is 11.9 Å². The van der Waals surface area contributed by atoms with Crippen molar-refractivity contribution in [1.29, 1.82) is 0 Å². The number of carbonyl (C=O) groups excluding carboxylic acids is 2. The Labute approximate surface area is 132 Å². The van der Waals surface area contributed by atoms with Gasteiger partial charge in [-0.15, -0.1) is 11.3 Å². The number of amides is 2. The first kappa shape index (κ1) is 13.5. The minimum absolute atomic E-state index is 0.0337. The average molecular weight is 312 g/mol. The SMILES string of the molecule is C=CC(=O)N1CC2CC2(C(=O)Nc2ccc3sccc3c2)C1. The second-order valence-corrected chi connectivity index (χ2v) is 7.06. The van der Waals surface area contributed by atoms with Crippen LogP contribution in [-0.4, -0.2) is 29.8 Å². The average Bonchev–Trinajstić information content (AvgIpc) is 2.89. The van der Waals surface area contributed by atoms with Crippen LogP contribution in [0.2, 0.25) is 0 Å². The first-order valence-corrected chi connectivity index (χ1v) is 8.20. The summed E-state index contributed by atoms with van der Waals surface area (Å²) in [6.45, 7) is 4.69. The van der Waals surface area contributed by atoms with Crippen LogP contribution in [0.15, 0.2) is 42.3 Å². The highest BCUT2D eigenvalue weighted by atomic mass is 32.1. The quantitative estimate of drug-likeness (QED) is 0.886. The second-order valence-electron chi connectivity index (χ2n) is 6.11. The molecule has 1 aromatic heterocycles. The van der Waals surface area contributed by atoms with Crippen LogP contribution in [0, 0.1) is 11.3 Å². The van der Waals surface area contributed by atoms with Gasteiger partial charge in [0.05, 0.1) is 5.41 Å². The molecule has 0 bridgehead atoms. The maximum Gasteiger partial charge on any atom is 0.245 e. The largest absolute Gasteiger partial charge is 0.338 e. The smallest absolute Gasteiger partial charge is 0.245 e. The highest BCUT2D eigenvalue weighted by Gasteiger charge is 2.65. The van der Waals surface area contributed by atoms with Crippen LogP contribution in [0.3, 0.4) is 0 Å². The van der Waals surface area contributed by atoms with E-state index < -0.39 is 0 Å². The molecule has 4 rings (SSSR count). The fraction of sp³-hybridized carbons (Fsp3) is 0.294. The Hall–Kier alpha value is -2.14. The van der Waals surface area contributed by atoms with E-state index in [1.165, 1.54) is 10.8 Å². The van der Waals surface area contributed by atoms with Crippen LogP contribution in [0.5, 0.6) is 0 Å². The van der Waals surface area contributed by atoms with Gasteiger partial charge in [0.15, 0.2) is 0 Å². The topological polar surface area (TPSA) is 49.4 Å². The van der Waals surface area contributed by atoms with Crippen molar-refractivity contribution in [2.75, 3.05) is 18.4 Å². The monoisotopic (exact) mass is 312 g/mol. The number of piperidine rings is 1. The molecule has 1 aromatic carbocycles. The molecule has 1 aliphatic heterocycles. The number of rotatable bonds is 3. The van der Waals surface area contributed by atoms with Crippen molar-refractivity contribution in [2.24, 2.45) is 11.3 Å². The number of nitrogens with one attached hydrogen (secondary N) is 1. The fourth-order valence-electron chi connectivity index (χ4n) is 3.43. The summed E-state index contributed by atoms with van der Waals surface area (Å²) in [4.78, 5) is 26.1. The molecule has 1 saturated heterocycles. The van der Waals surface area contributed by atoms with Gasteiger partial charge in [-0.3, -0.25) is 9.59 Å². The third-order valence-corrected chi connectivity index (χ3v) is 5.69. The first-order chi connectivity index (χ1) is 10.6. The Morgan fingerprint density at radius 3 is 3.09 bits per heavy atom. The van der Waals surface area contributed by atoms with Gasteiger partial charge in [0.25, 0.3) is 0 Å². The molecule has 2 aliphatic rings. The summed E-state index contributed by atoms with van der Waals surface area (Å²) in [6, 6.07) is 8.01. The highest BCUT2D eigenvalue weighted by Crippen LogP contribution is 2.58. The minimum Gasteiger partial charge on any atom is -0.338 e. The Bertz CT molecular complexity index is 797. The van der Waals surface area contributed by atoms with Crippen LogP contribution in [0.1, 0.15) is 6.42 Å². The van der Waals surface area contributed by atoms with Gasteiger partial charge < -0.3 is 10.2 Å². The maximum absolute atomic E-state index is 12.6. The molecular weight excluding hydrogens is 296 g/mol. The second kappa shape index (κ2) is 4.68. The van der Waals surface area contributed by atoms with Gasteiger partial charge in [0, 0.05) is 23.5 Å². The maximum atomic E-state index is 12.6. The molecule has 1 N–H and O–H groups in total. The number of hydrogen-bond donors (Lipinski definition) is 1. The zero-order valence-corrected chi connectivity index (χ0v) is 12.9. The van der Waals surface area contributed by atoms with E-state index in [1.54, 1.807) is 16.2 Å². The van der Waals surface area contributed by atoms with E-state index in [4.69, 9.17) is 0 Å². The number of anilines is 1. The van der Waals surface area contributed by atoms with Crippen LogP contribution in [0.4, 0.5) is 5.69 Å². The third kappa shape index (κ3) is 1.96. The Morgan fingerprint density at radius 2 is 2.27 bits per heavy atom. The van der Waals surface area contributed by atoms with Gasteiger partial charge in [-0.2, -0.15) is 0 Å². The molecule has 2 atom stereocenters. The lowest BCUT2D eigenvalue weighted by Gasteiger charge is -2.19. The standard InChI is InChI=1S/C17H16N2O2S/c1-2-15(20)19-9-12-8-17(12,10-19)16(21)18-13-3-4-14-11(7-13)5-6-22-14/h2-7,12H,1,8-10H2,(H,18,21). The van der Waals surface area contributed by atoms with Crippen LogP contribution >= 0.6 is 11.3 Å². The lowest BCUT2D eigenvalue weighted by atomic mass is 10.1. The Kier molecular flexibility index (Phi) is 2.87. The summed E-state index contributed by atoms with van der Waals surface area (Å²) in [6.07, 6.45) is 2.20. The predicted molar refractivity (Wildman–Crippen MR) is 87.8 cm³/mol. The van der Waals surface area contributed by atoms with Crippen molar-refractivity contribution in [3.8, 4) is 0 Å². The van der Waals surface area contributed by atoms with Gasteiger partial charge in [-0.25, -0.2) is 0 Å². The summed E-state index contributed by atoms with van der Waals surface area (Å²) in [5.74, 6) is 0.242. The number of likely N-dealkylation sites (tertiary alicyclic amines) is 1. The molecule has 112 valence electrons. The van der Waals surface area contributed by atoms with Gasteiger partial charge in [-0.05, 0) is 53.4 Å². The molecule has 0 spiro atoms. The van der Waals surface area contributed by atoms with Gasteiger partial charge in [-0.1, -0.05) is 6.58 Å². The number of benzene rings is 1. The van der Waals surface area contributed by atoms with E-state index in [1.807, 2.05) is 29.6 Å². The Balaban J connectivity index is 1.51. The normalized spacial score (nSPS) is 25.8. The molecule has 1 aliphatic carbocycles. The van der Waals surface area contributed by atoms with E-state index in [-0.39, 0.29) is 17.2 Å². The number of nitrogens with zero attached hydrogens (tertiary/aromatic N) is 1. The van der Waals surface area contributed by atoms with Crippen LogP contribution in [0.25, 0.3) is 10.1 Å². The van der Waals surface area contributed by atoms with E-state index >= 15 is 0 Å². The minimum atomic E-state index is -0.387. The lowest BCUT2D eigenvalue weighted by Crippen LogP contribution is -2.34. The number of carbonyl (C=O) groups is 2. The van der Waals surface area contributed by atoms with Crippen molar-refractivity contribution >= 4 is 38.9 Å². The molecule has 2 unspecified atom stereocenters. The van der Waals surface area contributed by atoms with Crippen molar-refractivity contribution in [1.82, 2.24) is 4.90 Å². The highest BCUT2D eigenvalue weighted by molar-refractivity contribution is 7.17. The Morgan fingerprint density at radius 1 is 1.41 bits per heavy atom. The summed E-state index contributed by atoms with van der Waals surface area (Å²) in [5.41, 5.74) is 0.437. The zero-order chi connectivity index (χ0) is 15.3. The number of thiophene rings is 1. The molecule has 22 heavy (non-hydrogen) atoms. The van der Waals surface area contributed by atoms with Crippen molar-refractivity contribution in [2.45, 2.75) is 6.42 Å². The van der Waals surface area contributed by atoms with Crippen LogP contribution < -0.4 is 5.32 Å². The number of hydrogen-bond acceptors (Lipinski definition) is 3. The fourth-order valence-corrected chi connectivity index (χ4v) is 4.20. The molecule has 0 radical (unpaired) electrons. The molecular formula is C17H16N2O2S. The van der Waals surface area contributed by atoms with Gasteiger partial charge >= 0.3 is 0 Å². The van der Waals surface area contributed by atoms with E-state index in [0.29, 0.717) is 19.0 Å². The van der Waals surface area contributed by atoms with Crippen molar-refractivity contribution < 1.29 is 9.59 Å². The molecule has 1 saturated carbocycles. The first-order valence-electron chi connectivity index (χ1n) is 7.32. The number of fused-ring (bicyclic) bond motifs is 2. The van der Waals surface area contributed by atoms with Crippen molar-refractivity contribution in [3.63, 3.8) is 0 Å². The summed E-state index contributed by atoms with van der Waals surface area (Å²) in [7, 11) is 0. The van der Waals surface area contributed by atoms with Crippen LogP contribution in [-0.2, 0) is 9.59 Å². The lowest BCUT2D eigenvalue weighted by molar-refractivity contribution is -0.126. The summed E-state index contributed by atoms with van der Waals surface area (Å²) in [5, 5.41) is 6.21. The third-order valence-electron chi connectivity index (χ3n) is 4.79. The molecule has 2 heterocycles.